The first-order chi connectivity index (χ1) is 10.8. The summed E-state index contributed by atoms with van der Waals surface area (Å²) in [6.45, 7) is 3.43. The molecule has 0 aliphatic carbocycles. The molecule has 0 aromatic carbocycles. The first-order valence-corrected chi connectivity index (χ1v) is 7.47. The molecular weight excluding hydrogens is 304 g/mol. The highest BCUT2D eigenvalue weighted by atomic mass is 16.6. The smallest absolute Gasteiger partial charge is 0.303 e. The highest BCUT2D eigenvalue weighted by Crippen LogP contribution is 2.45. The van der Waals surface area contributed by atoms with Crippen LogP contribution in [0.2, 0.25) is 0 Å². The van der Waals surface area contributed by atoms with Crippen molar-refractivity contribution in [2.75, 3.05) is 0 Å². The van der Waals surface area contributed by atoms with E-state index in [0.717, 1.165) is 6.20 Å². The highest BCUT2D eigenvalue weighted by Gasteiger charge is 2.48. The maximum atomic E-state index is 11.2. The molecule has 23 heavy (non-hydrogen) atoms. The number of hydrogen-bond acceptors (Lipinski definition) is 6. The molecule has 2 heterocycles. The molecule has 1 aromatic rings. The molecule has 2 rings (SSSR count). The van der Waals surface area contributed by atoms with Gasteiger partial charge in [-0.1, -0.05) is 6.92 Å². The van der Waals surface area contributed by atoms with Crippen molar-refractivity contribution in [2.45, 2.75) is 50.9 Å². The number of carboxylic acid groups (broad SMARTS) is 1. The maximum absolute atomic E-state index is 11.2. The Morgan fingerprint density at radius 1 is 1.61 bits per heavy atom. The van der Waals surface area contributed by atoms with Crippen LogP contribution in [0.3, 0.4) is 0 Å². The lowest BCUT2D eigenvalue weighted by Gasteiger charge is -2.46. The molecule has 2 N–H and O–H groups in total. The average Bonchev–Trinajstić information content (AvgIpc) is 2.51. The molecule has 0 amide bonds. The van der Waals surface area contributed by atoms with E-state index in [4.69, 9.17) is 9.84 Å². The van der Waals surface area contributed by atoms with Crippen molar-refractivity contribution in [1.82, 2.24) is 4.98 Å². The second kappa shape index (κ2) is 6.59. The van der Waals surface area contributed by atoms with Gasteiger partial charge >= 0.3 is 5.97 Å². The summed E-state index contributed by atoms with van der Waals surface area (Å²) in [5.41, 5.74) is -1.08. The fourth-order valence-electron chi connectivity index (χ4n) is 3.28. The number of aliphatic hydroxyl groups is 1. The van der Waals surface area contributed by atoms with Gasteiger partial charge in [-0.05, 0) is 25.8 Å². The molecular formula is C15H20N2O6. The fourth-order valence-corrected chi connectivity index (χ4v) is 3.28. The molecule has 1 aliphatic rings. The van der Waals surface area contributed by atoms with E-state index < -0.39 is 34.6 Å². The van der Waals surface area contributed by atoms with Gasteiger partial charge in [-0.15, -0.1) is 0 Å². The van der Waals surface area contributed by atoms with E-state index in [0.29, 0.717) is 12.0 Å². The number of pyridine rings is 1. The third kappa shape index (κ3) is 3.32. The van der Waals surface area contributed by atoms with Crippen molar-refractivity contribution >= 4 is 11.7 Å². The Morgan fingerprint density at radius 2 is 2.30 bits per heavy atom. The predicted octanol–water partition coefficient (Wildman–Crippen LogP) is 2.07. The molecule has 1 fully saturated rings. The Kier molecular flexibility index (Phi) is 4.96. The number of ether oxygens (including phenoxy) is 1. The minimum atomic E-state index is -1.27. The van der Waals surface area contributed by atoms with E-state index in [1.54, 1.807) is 13.8 Å². The minimum absolute atomic E-state index is 0.166. The summed E-state index contributed by atoms with van der Waals surface area (Å²) in [6, 6.07) is 1.50. The van der Waals surface area contributed by atoms with Crippen LogP contribution in [0.25, 0.3) is 0 Å². The van der Waals surface area contributed by atoms with Crippen molar-refractivity contribution in [1.29, 1.82) is 0 Å². The molecule has 1 aromatic heterocycles. The maximum Gasteiger partial charge on any atom is 0.303 e. The van der Waals surface area contributed by atoms with Crippen LogP contribution in [0.5, 0.6) is 0 Å². The minimum Gasteiger partial charge on any atom is -0.481 e. The van der Waals surface area contributed by atoms with Crippen LogP contribution < -0.4 is 0 Å². The van der Waals surface area contributed by atoms with Crippen molar-refractivity contribution < 1.29 is 24.7 Å². The summed E-state index contributed by atoms with van der Waals surface area (Å²) in [5, 5.41) is 31.0. The monoisotopic (exact) mass is 324 g/mol. The van der Waals surface area contributed by atoms with E-state index in [1.807, 2.05) is 0 Å². The van der Waals surface area contributed by atoms with Gasteiger partial charge in [-0.25, -0.2) is 0 Å². The van der Waals surface area contributed by atoms with Crippen LogP contribution in [0.1, 0.15) is 44.8 Å². The first-order valence-electron chi connectivity index (χ1n) is 7.47. The van der Waals surface area contributed by atoms with Crippen LogP contribution in [-0.2, 0) is 9.53 Å². The Morgan fingerprint density at radius 3 is 2.87 bits per heavy atom. The number of aromatic nitrogens is 1. The highest BCUT2D eigenvalue weighted by molar-refractivity contribution is 5.67. The molecule has 0 saturated carbocycles. The number of hydrogen-bond donors (Lipinski definition) is 2. The molecule has 0 radical (unpaired) electrons. The summed E-state index contributed by atoms with van der Waals surface area (Å²) >= 11 is 0. The Bertz CT molecular complexity index is 607. The zero-order chi connectivity index (χ0) is 17.2. The molecule has 8 heteroatoms. The van der Waals surface area contributed by atoms with E-state index in [2.05, 4.69) is 4.98 Å². The zero-order valence-electron chi connectivity index (χ0n) is 13.0. The van der Waals surface area contributed by atoms with Gasteiger partial charge in [0.1, 0.15) is 6.20 Å². The van der Waals surface area contributed by atoms with Crippen LogP contribution in [-0.4, -0.2) is 37.8 Å². The van der Waals surface area contributed by atoms with E-state index in [1.165, 1.54) is 12.3 Å². The van der Waals surface area contributed by atoms with Crippen LogP contribution in [0, 0.1) is 16.0 Å². The number of nitrogens with zero attached hydrogens (tertiary/aromatic N) is 2. The molecule has 8 nitrogen and oxygen atoms in total. The van der Waals surface area contributed by atoms with Gasteiger partial charge in [0.05, 0.1) is 34.7 Å². The van der Waals surface area contributed by atoms with Crippen LogP contribution in [0.4, 0.5) is 5.69 Å². The molecule has 0 spiro atoms. The van der Waals surface area contributed by atoms with E-state index in [-0.39, 0.29) is 18.5 Å². The summed E-state index contributed by atoms with van der Waals surface area (Å²) in [4.78, 5) is 25.5. The number of carbonyl (C=O) groups is 1. The fraction of sp³-hybridized carbons (Fsp3) is 0.600. The number of aliphatic carboxylic acids is 1. The molecule has 4 unspecified atom stereocenters. The van der Waals surface area contributed by atoms with Gasteiger partial charge in [0.2, 0.25) is 0 Å². The lowest BCUT2D eigenvalue weighted by atomic mass is 9.73. The van der Waals surface area contributed by atoms with Gasteiger partial charge < -0.3 is 14.9 Å². The van der Waals surface area contributed by atoms with Crippen LogP contribution in [0.15, 0.2) is 18.5 Å². The molecule has 4 atom stereocenters. The van der Waals surface area contributed by atoms with Crippen molar-refractivity contribution in [3.63, 3.8) is 0 Å². The summed E-state index contributed by atoms with van der Waals surface area (Å²) in [5.74, 6) is -1.56. The normalized spacial score (nSPS) is 30.8. The number of nitro groups is 1. The van der Waals surface area contributed by atoms with Gasteiger partial charge in [0, 0.05) is 12.1 Å². The average molecular weight is 324 g/mol. The lowest BCUT2D eigenvalue weighted by Crippen LogP contribution is -2.53. The molecule has 0 bridgehead atoms. The van der Waals surface area contributed by atoms with Gasteiger partial charge in [-0.2, -0.15) is 0 Å². The number of rotatable bonds is 5. The molecule has 126 valence electrons. The molecule has 1 saturated heterocycles. The van der Waals surface area contributed by atoms with E-state index >= 15 is 0 Å². The topological polar surface area (TPSA) is 123 Å². The quantitative estimate of drug-likeness (QED) is 0.627. The van der Waals surface area contributed by atoms with Crippen molar-refractivity contribution in [3.05, 3.63) is 34.1 Å². The van der Waals surface area contributed by atoms with Gasteiger partial charge in [0.25, 0.3) is 5.69 Å². The summed E-state index contributed by atoms with van der Waals surface area (Å²) in [7, 11) is 0. The van der Waals surface area contributed by atoms with Gasteiger partial charge in [-0.3, -0.25) is 19.9 Å². The third-order valence-corrected chi connectivity index (χ3v) is 4.64. The summed E-state index contributed by atoms with van der Waals surface area (Å²) < 4.78 is 5.81. The SMILES string of the molecule is CCC1(O)C(CC(=O)O)CC(c2ccncc2[N+](=O)[O-])OC1C. The van der Waals surface area contributed by atoms with Crippen LogP contribution >= 0.6 is 0 Å². The summed E-state index contributed by atoms with van der Waals surface area (Å²) in [6.07, 6.45) is 1.63. The van der Waals surface area contributed by atoms with Gasteiger partial charge in [0.15, 0.2) is 0 Å². The Labute approximate surface area is 133 Å². The lowest BCUT2D eigenvalue weighted by molar-refractivity contribution is -0.386. The largest absolute Gasteiger partial charge is 0.481 e. The Balaban J connectivity index is 2.36. The second-order valence-corrected chi connectivity index (χ2v) is 5.83. The third-order valence-electron chi connectivity index (χ3n) is 4.64. The first kappa shape index (κ1) is 17.3. The Hall–Kier alpha value is -2.06. The predicted molar refractivity (Wildman–Crippen MR) is 79.8 cm³/mol. The number of carboxylic acids is 1. The second-order valence-electron chi connectivity index (χ2n) is 5.83. The van der Waals surface area contributed by atoms with Crippen molar-refractivity contribution in [3.8, 4) is 0 Å². The standard InChI is InChI=1S/C15H20N2O6/c1-3-15(20)9(2)23-13(6-10(15)7-14(18)19)11-4-5-16-8-12(11)17(21)22/h4-5,8-10,13,20H,3,6-7H2,1-2H3,(H,18,19). The van der Waals surface area contributed by atoms with Crippen molar-refractivity contribution in [2.24, 2.45) is 5.92 Å². The molecule has 1 aliphatic heterocycles. The zero-order valence-corrected chi connectivity index (χ0v) is 13.0. The van der Waals surface area contributed by atoms with E-state index in [9.17, 15) is 20.0 Å².